The third-order valence-corrected chi connectivity index (χ3v) is 5.11. The van der Waals surface area contributed by atoms with Crippen molar-refractivity contribution in [3.63, 3.8) is 0 Å². The zero-order chi connectivity index (χ0) is 20.8. The van der Waals surface area contributed by atoms with Crippen LogP contribution < -0.4 is 5.32 Å². The molecule has 2 amide bonds. The van der Waals surface area contributed by atoms with Gasteiger partial charge >= 0.3 is 0 Å². The van der Waals surface area contributed by atoms with Crippen molar-refractivity contribution in [3.8, 4) is 0 Å². The number of rotatable bonds is 6. The Balaban J connectivity index is 1.72. The number of carbonyl (C=O) groups excluding carboxylic acids is 2. The molecule has 1 fully saturated rings. The van der Waals surface area contributed by atoms with Crippen molar-refractivity contribution in [3.05, 3.63) is 59.2 Å². The lowest BCUT2D eigenvalue weighted by Gasteiger charge is -2.35. The van der Waals surface area contributed by atoms with Crippen molar-refractivity contribution in [1.82, 2.24) is 25.1 Å². The molecule has 7 nitrogen and oxygen atoms in total. The van der Waals surface area contributed by atoms with E-state index in [4.69, 9.17) is 0 Å². The highest BCUT2D eigenvalue weighted by atomic mass is 16.2. The lowest BCUT2D eigenvalue weighted by molar-refractivity contribution is -0.135. The first kappa shape index (κ1) is 20.9. The second kappa shape index (κ2) is 9.60. The normalized spacial score (nSPS) is 16.7. The molecule has 1 aromatic carbocycles. The summed E-state index contributed by atoms with van der Waals surface area (Å²) in [6.45, 7) is 3.36. The molecule has 0 radical (unpaired) electrons. The molecule has 1 aliphatic heterocycles. The number of aryl methyl sites for hydroxylation is 1. The van der Waals surface area contributed by atoms with Crippen LogP contribution in [-0.2, 0) is 11.3 Å². The Hall–Kier alpha value is -2.80. The van der Waals surface area contributed by atoms with Gasteiger partial charge < -0.3 is 15.1 Å². The summed E-state index contributed by atoms with van der Waals surface area (Å²) in [5.74, 6) is 0.515. The second-order valence-electron chi connectivity index (χ2n) is 7.73. The summed E-state index contributed by atoms with van der Waals surface area (Å²) >= 11 is 0. The van der Waals surface area contributed by atoms with E-state index in [1.807, 2.05) is 61.2 Å². The van der Waals surface area contributed by atoms with E-state index >= 15 is 0 Å². The molecule has 0 spiro atoms. The van der Waals surface area contributed by atoms with Gasteiger partial charge in [-0.3, -0.25) is 9.59 Å². The van der Waals surface area contributed by atoms with Crippen molar-refractivity contribution >= 4 is 11.8 Å². The van der Waals surface area contributed by atoms with Crippen LogP contribution in [0, 0.1) is 6.92 Å². The Bertz CT molecular complexity index is 854. The minimum Gasteiger partial charge on any atom is -0.348 e. The average Bonchev–Trinajstić information content (AvgIpc) is 2.72. The summed E-state index contributed by atoms with van der Waals surface area (Å²) in [5, 5.41) is 2.91. The third kappa shape index (κ3) is 5.38. The van der Waals surface area contributed by atoms with Crippen LogP contribution in [0.25, 0.3) is 0 Å². The average molecular weight is 396 g/mol. The van der Waals surface area contributed by atoms with E-state index in [9.17, 15) is 9.59 Å². The van der Waals surface area contributed by atoms with E-state index in [1.54, 1.807) is 6.20 Å². The van der Waals surface area contributed by atoms with Gasteiger partial charge in [0, 0.05) is 19.3 Å². The first-order chi connectivity index (χ1) is 14.0. The molecule has 0 aliphatic carbocycles. The second-order valence-corrected chi connectivity index (χ2v) is 7.73. The molecule has 0 bridgehead atoms. The van der Waals surface area contributed by atoms with Crippen LogP contribution >= 0.6 is 0 Å². The van der Waals surface area contributed by atoms with E-state index in [1.165, 1.54) is 0 Å². The van der Waals surface area contributed by atoms with E-state index < -0.39 is 0 Å². The van der Waals surface area contributed by atoms with Crippen LogP contribution in [0.3, 0.4) is 0 Å². The molecule has 0 saturated carbocycles. The molecule has 7 heteroatoms. The number of piperidine rings is 1. The molecule has 1 aromatic heterocycles. The highest BCUT2D eigenvalue weighted by Gasteiger charge is 2.30. The Kier molecular flexibility index (Phi) is 6.93. The maximum Gasteiger partial charge on any atom is 0.254 e. The van der Waals surface area contributed by atoms with Crippen LogP contribution in [0.1, 0.15) is 52.7 Å². The van der Waals surface area contributed by atoms with Gasteiger partial charge in [0.1, 0.15) is 0 Å². The van der Waals surface area contributed by atoms with Crippen LogP contribution in [0.5, 0.6) is 0 Å². The van der Waals surface area contributed by atoms with E-state index in [-0.39, 0.29) is 17.9 Å². The molecule has 29 heavy (non-hydrogen) atoms. The number of nitrogens with zero attached hydrogens (tertiary/aromatic N) is 4. The number of aromatic nitrogens is 2. The quantitative estimate of drug-likeness (QED) is 0.812. The summed E-state index contributed by atoms with van der Waals surface area (Å²) in [5.41, 5.74) is 2.13. The van der Waals surface area contributed by atoms with Gasteiger partial charge in [-0.15, -0.1) is 0 Å². The highest BCUT2D eigenvalue weighted by Crippen LogP contribution is 2.29. The molecule has 2 heterocycles. The van der Waals surface area contributed by atoms with Gasteiger partial charge in [0.15, 0.2) is 5.82 Å². The van der Waals surface area contributed by atoms with Gasteiger partial charge in [-0.05, 0) is 45.8 Å². The van der Waals surface area contributed by atoms with Crippen molar-refractivity contribution in [2.45, 2.75) is 38.8 Å². The van der Waals surface area contributed by atoms with Crippen LogP contribution in [-0.4, -0.2) is 58.8 Å². The third-order valence-electron chi connectivity index (χ3n) is 5.11. The summed E-state index contributed by atoms with van der Waals surface area (Å²) in [6, 6.07) is 9.64. The Morgan fingerprint density at radius 3 is 2.66 bits per heavy atom. The molecule has 3 rings (SSSR count). The minimum absolute atomic E-state index is 0.0885. The zero-order valence-corrected chi connectivity index (χ0v) is 17.4. The fourth-order valence-electron chi connectivity index (χ4n) is 3.60. The van der Waals surface area contributed by atoms with E-state index in [0.717, 1.165) is 31.4 Å². The van der Waals surface area contributed by atoms with Crippen LogP contribution in [0.2, 0.25) is 0 Å². The molecule has 154 valence electrons. The number of likely N-dealkylation sites (tertiary alicyclic amines) is 1. The number of hydrogen-bond acceptors (Lipinski definition) is 5. The van der Waals surface area contributed by atoms with Crippen molar-refractivity contribution in [1.29, 1.82) is 0 Å². The summed E-state index contributed by atoms with van der Waals surface area (Å²) in [7, 11) is 3.78. The van der Waals surface area contributed by atoms with E-state index in [0.29, 0.717) is 30.2 Å². The molecule has 1 atom stereocenters. The van der Waals surface area contributed by atoms with E-state index in [2.05, 4.69) is 15.3 Å². The topological polar surface area (TPSA) is 78.4 Å². The number of nitrogens with one attached hydrogen (secondary N) is 1. The minimum atomic E-state index is -0.193. The maximum atomic E-state index is 12.6. The highest BCUT2D eigenvalue weighted by molar-refractivity contribution is 5.94. The Morgan fingerprint density at radius 2 is 1.97 bits per heavy atom. The van der Waals surface area contributed by atoms with Crippen LogP contribution in [0.4, 0.5) is 0 Å². The first-order valence-electron chi connectivity index (χ1n) is 10.1. The Labute approximate surface area is 172 Å². The predicted octanol–water partition coefficient (Wildman–Crippen LogP) is 2.33. The van der Waals surface area contributed by atoms with Gasteiger partial charge in [0.25, 0.3) is 5.91 Å². The molecule has 1 aliphatic rings. The van der Waals surface area contributed by atoms with Crippen molar-refractivity contribution < 1.29 is 9.59 Å². The Morgan fingerprint density at radius 1 is 1.21 bits per heavy atom. The van der Waals surface area contributed by atoms with Crippen molar-refractivity contribution in [2.24, 2.45) is 0 Å². The lowest BCUT2D eigenvalue weighted by atomic mass is 10.0. The fourth-order valence-corrected chi connectivity index (χ4v) is 3.60. The lowest BCUT2D eigenvalue weighted by Crippen LogP contribution is -2.43. The predicted molar refractivity (Wildman–Crippen MR) is 111 cm³/mol. The standard InChI is InChI=1S/C22H29N5O2/c1-16-18(22(29)24-13-17-9-5-4-6-10-17)14-23-21(25-16)19-11-7-8-12-27(19)20(28)15-26(2)3/h4-6,9-10,14,19H,7-8,11-13,15H2,1-3H3,(H,24,29)/t19-/m0/s1. The molecule has 1 saturated heterocycles. The van der Waals surface area contributed by atoms with Gasteiger partial charge in [-0.2, -0.15) is 0 Å². The number of hydrogen-bond donors (Lipinski definition) is 1. The van der Waals surface area contributed by atoms with Gasteiger partial charge in [0.2, 0.25) is 5.91 Å². The molecule has 2 aromatic rings. The number of amides is 2. The summed E-state index contributed by atoms with van der Waals surface area (Å²) in [4.78, 5) is 38.0. The number of carbonyl (C=O) groups is 2. The van der Waals surface area contributed by atoms with Crippen LogP contribution in [0.15, 0.2) is 36.5 Å². The number of likely N-dealkylation sites (N-methyl/N-ethyl adjacent to an activating group) is 1. The first-order valence-corrected chi connectivity index (χ1v) is 10.1. The fraction of sp³-hybridized carbons (Fsp3) is 0.455. The monoisotopic (exact) mass is 395 g/mol. The molecule has 1 N–H and O–H groups in total. The van der Waals surface area contributed by atoms with Gasteiger partial charge in [-0.1, -0.05) is 30.3 Å². The van der Waals surface area contributed by atoms with Gasteiger partial charge in [-0.25, -0.2) is 9.97 Å². The molecular formula is C22H29N5O2. The summed E-state index contributed by atoms with van der Waals surface area (Å²) in [6.07, 6.45) is 4.46. The maximum absolute atomic E-state index is 12.6. The van der Waals surface area contributed by atoms with Crippen molar-refractivity contribution in [2.75, 3.05) is 27.2 Å². The zero-order valence-electron chi connectivity index (χ0n) is 17.4. The largest absolute Gasteiger partial charge is 0.348 e. The summed E-state index contributed by atoms with van der Waals surface area (Å²) < 4.78 is 0. The molecular weight excluding hydrogens is 366 g/mol. The SMILES string of the molecule is Cc1nc([C@@H]2CCCCN2C(=O)CN(C)C)ncc1C(=O)NCc1ccccc1. The number of benzene rings is 1. The smallest absolute Gasteiger partial charge is 0.254 e. The van der Waals surface area contributed by atoms with Gasteiger partial charge in [0.05, 0.1) is 23.8 Å². The molecule has 0 unspecified atom stereocenters.